The molecule has 0 spiro atoms. The molecule has 0 N–H and O–H groups in total. The minimum atomic E-state index is 0. The molecule has 0 rings (SSSR count). The molecule has 0 aromatic carbocycles. The van der Waals surface area contributed by atoms with Gasteiger partial charge in [-0.25, -0.2) is 0 Å². The van der Waals surface area contributed by atoms with Gasteiger partial charge in [-0.1, -0.05) is 0 Å². The molecule has 0 amide bonds. The molecule has 12 radical (unpaired) electrons. The molecule has 0 bridgehead atoms. The van der Waals surface area contributed by atoms with Crippen LogP contribution in [0.2, 0.25) is 0 Å². The molecule has 0 aromatic rings. The van der Waals surface area contributed by atoms with Gasteiger partial charge in [0.1, 0.15) is 0 Å². The Bertz CT molecular complexity index is 8.00. The molecule has 0 aliphatic carbocycles. The van der Waals surface area contributed by atoms with Crippen LogP contribution in [-0.2, 0) is 22.4 Å². The van der Waals surface area contributed by atoms with E-state index in [1.54, 1.807) is 0 Å². The summed E-state index contributed by atoms with van der Waals surface area (Å²) in [4.78, 5) is 0. The molecule has 0 aliphatic heterocycles. The van der Waals surface area contributed by atoms with Crippen LogP contribution in [0.4, 0.5) is 0 Å². The second-order valence-electron chi connectivity index (χ2n) is 0. The van der Waals surface area contributed by atoms with Crippen LogP contribution in [0.1, 0.15) is 0 Å². The standard InChI is InChI=1S/Ag.In.Pb.Sn. The van der Waals surface area contributed by atoms with E-state index in [0.717, 1.165) is 0 Å². The largest absolute Gasteiger partial charge is 0 e. The van der Waals surface area contributed by atoms with E-state index in [1.807, 2.05) is 0 Å². The van der Waals surface area contributed by atoms with E-state index < -0.39 is 0 Å². The average molecular weight is 549 g/mol. The molecular formula is AgInPbSn. The molecule has 0 atom stereocenters. The SMILES string of the molecule is [Ag].[In].[Pb].[Sn]. The number of hydrogen-bond donors (Lipinski definition) is 0. The van der Waals surface area contributed by atoms with Gasteiger partial charge in [0.2, 0.25) is 0 Å². The van der Waals surface area contributed by atoms with Crippen LogP contribution in [0.3, 0.4) is 0 Å². The Balaban J connectivity index is 0. The minimum absolute atomic E-state index is 0. The number of hydrogen-bond acceptors (Lipinski definition) is 0. The summed E-state index contributed by atoms with van der Waals surface area (Å²) >= 11 is 0. The molecule has 4 heteroatoms. The Morgan fingerprint density at radius 2 is 1.00 bits per heavy atom. The van der Waals surface area contributed by atoms with Gasteiger partial charge in [-0.05, 0) is 0 Å². The van der Waals surface area contributed by atoms with Crippen molar-refractivity contribution in [1.82, 2.24) is 0 Å². The van der Waals surface area contributed by atoms with Gasteiger partial charge in [0.25, 0.3) is 0 Å². The number of rotatable bonds is 0. The van der Waals surface area contributed by atoms with E-state index in [9.17, 15) is 0 Å². The van der Waals surface area contributed by atoms with Crippen molar-refractivity contribution in [3.63, 3.8) is 0 Å². The van der Waals surface area contributed by atoms with Crippen LogP contribution in [-0.4, -0.2) is 77.0 Å². The second-order valence-corrected chi connectivity index (χ2v) is 0. The first-order chi connectivity index (χ1) is 0. The van der Waals surface area contributed by atoms with Crippen molar-refractivity contribution >= 4 is 77.0 Å². The zero-order valence-electron chi connectivity index (χ0n) is 1.88. The monoisotopic (exact) mass is 550 g/mol. The Morgan fingerprint density at radius 3 is 1.00 bits per heavy atom. The van der Waals surface area contributed by atoms with E-state index in [0.29, 0.717) is 0 Å². The normalized spacial score (nSPS) is 0. The van der Waals surface area contributed by atoms with Gasteiger partial charge >= 0.3 is 0 Å². The zero-order valence-corrected chi connectivity index (χ0v) is 13.4. The van der Waals surface area contributed by atoms with Crippen LogP contribution in [0.5, 0.6) is 0 Å². The summed E-state index contributed by atoms with van der Waals surface area (Å²) in [6.07, 6.45) is 0. The summed E-state index contributed by atoms with van der Waals surface area (Å²) < 4.78 is 0. The summed E-state index contributed by atoms with van der Waals surface area (Å²) in [5.41, 5.74) is 0. The van der Waals surface area contributed by atoms with Crippen LogP contribution in [0, 0.1) is 0 Å². The molecule has 0 saturated heterocycles. The smallest absolute Gasteiger partial charge is 0 e. The summed E-state index contributed by atoms with van der Waals surface area (Å²) in [5.74, 6) is 0. The van der Waals surface area contributed by atoms with Crippen LogP contribution in [0.25, 0.3) is 0 Å². The predicted molar refractivity (Wildman–Crippen MR) is 17.3 cm³/mol. The van der Waals surface area contributed by atoms with Crippen LogP contribution < -0.4 is 0 Å². The van der Waals surface area contributed by atoms with Crippen LogP contribution >= 0.6 is 0 Å². The fourth-order valence-electron chi connectivity index (χ4n) is 0. The predicted octanol–water partition coefficient (Wildman–Crippen LogP) is -1.14. The molecular weight excluding hydrogens is 549 g/mol. The van der Waals surface area contributed by atoms with Crippen molar-refractivity contribution < 1.29 is 22.4 Å². The Morgan fingerprint density at radius 1 is 1.00 bits per heavy atom. The summed E-state index contributed by atoms with van der Waals surface area (Å²) in [6.45, 7) is 0. The quantitative estimate of drug-likeness (QED) is 0.336. The molecule has 0 fully saturated rings. The molecule has 0 heterocycles. The summed E-state index contributed by atoms with van der Waals surface area (Å²) in [5, 5.41) is 0. The minimum Gasteiger partial charge on any atom is 0 e. The van der Waals surface area contributed by atoms with Gasteiger partial charge in [0.15, 0.2) is 0 Å². The van der Waals surface area contributed by atoms with E-state index in [-0.39, 0.29) is 99.4 Å². The second kappa shape index (κ2) is 16.2. The molecule has 0 aromatic heterocycles. The van der Waals surface area contributed by atoms with Crippen molar-refractivity contribution in [3.05, 3.63) is 0 Å². The van der Waals surface area contributed by atoms with Crippen molar-refractivity contribution in [2.24, 2.45) is 0 Å². The first kappa shape index (κ1) is 26.5. The van der Waals surface area contributed by atoms with Gasteiger partial charge in [0.05, 0.1) is 0 Å². The molecule has 22 valence electrons. The molecule has 4 heavy (non-hydrogen) atoms. The maximum absolute atomic E-state index is 0. The third kappa shape index (κ3) is 9.01. The third-order valence-corrected chi connectivity index (χ3v) is 0. The summed E-state index contributed by atoms with van der Waals surface area (Å²) in [7, 11) is 0. The molecule has 0 saturated carbocycles. The van der Waals surface area contributed by atoms with Gasteiger partial charge in [0, 0.05) is 99.4 Å². The first-order valence-electron chi connectivity index (χ1n) is 0. The summed E-state index contributed by atoms with van der Waals surface area (Å²) in [6, 6.07) is 0. The van der Waals surface area contributed by atoms with Crippen molar-refractivity contribution in [3.8, 4) is 0 Å². The van der Waals surface area contributed by atoms with E-state index in [1.165, 1.54) is 0 Å². The van der Waals surface area contributed by atoms with Gasteiger partial charge < -0.3 is 0 Å². The van der Waals surface area contributed by atoms with Crippen LogP contribution in [0.15, 0.2) is 0 Å². The molecule has 0 nitrogen and oxygen atoms in total. The average Bonchev–Trinajstić information content (AvgIpc) is 0. The molecule has 0 aliphatic rings. The zero-order chi connectivity index (χ0) is 0. The van der Waals surface area contributed by atoms with Crippen molar-refractivity contribution in [1.29, 1.82) is 0 Å². The van der Waals surface area contributed by atoms with Crippen molar-refractivity contribution in [2.45, 2.75) is 0 Å². The Labute approximate surface area is 97.3 Å². The van der Waals surface area contributed by atoms with Gasteiger partial charge in [-0.3, -0.25) is 0 Å². The van der Waals surface area contributed by atoms with E-state index in [4.69, 9.17) is 0 Å². The fourth-order valence-corrected chi connectivity index (χ4v) is 0. The molecule has 0 unspecified atom stereocenters. The first-order valence-corrected chi connectivity index (χ1v) is 0. The van der Waals surface area contributed by atoms with Gasteiger partial charge in [-0.15, -0.1) is 0 Å². The maximum Gasteiger partial charge on any atom is 0 e. The maximum atomic E-state index is 0. The van der Waals surface area contributed by atoms with E-state index in [2.05, 4.69) is 0 Å². The topological polar surface area (TPSA) is 0 Å². The Hall–Kier alpha value is 3.33. The van der Waals surface area contributed by atoms with Crippen molar-refractivity contribution in [2.75, 3.05) is 0 Å². The van der Waals surface area contributed by atoms with E-state index >= 15 is 0 Å². The third-order valence-electron chi connectivity index (χ3n) is 0. The Kier molecular flexibility index (Phi) is 107. The fraction of sp³-hybridized carbons (Fsp3) is 0. The van der Waals surface area contributed by atoms with Gasteiger partial charge in [-0.2, -0.15) is 0 Å².